The van der Waals surface area contributed by atoms with Crippen LogP contribution in [-0.2, 0) is 14.8 Å². The summed E-state index contributed by atoms with van der Waals surface area (Å²) in [5.41, 5.74) is 0.861. The van der Waals surface area contributed by atoms with Crippen molar-refractivity contribution >= 4 is 15.9 Å². The van der Waals surface area contributed by atoms with Gasteiger partial charge in [0.25, 0.3) is 5.91 Å². The van der Waals surface area contributed by atoms with Crippen LogP contribution in [0.1, 0.15) is 66.3 Å². The monoisotopic (exact) mass is 448 g/mol. The van der Waals surface area contributed by atoms with E-state index in [9.17, 15) is 13.2 Å². The summed E-state index contributed by atoms with van der Waals surface area (Å²) in [7, 11) is -3.71. The highest BCUT2D eigenvalue weighted by molar-refractivity contribution is 7.89. The lowest BCUT2D eigenvalue weighted by atomic mass is 10.0. The maximum atomic E-state index is 13.1. The van der Waals surface area contributed by atoms with Gasteiger partial charge in [-0.2, -0.15) is 9.29 Å². The third kappa shape index (κ3) is 4.65. The van der Waals surface area contributed by atoms with Crippen LogP contribution < -0.4 is 5.32 Å². The first kappa shape index (κ1) is 21.9. The zero-order valence-corrected chi connectivity index (χ0v) is 18.8. The molecule has 10 heteroatoms. The summed E-state index contributed by atoms with van der Waals surface area (Å²) in [6.07, 6.45) is 2.11. The van der Waals surface area contributed by atoms with E-state index in [2.05, 4.69) is 15.5 Å². The predicted molar refractivity (Wildman–Crippen MR) is 112 cm³/mol. The topological polar surface area (TPSA) is 115 Å². The SMILES string of the molecule is Cc1ccc(C(=O)NC(c2nc(C3CC3)no2)C(C)C)cc1S(=O)(=O)N1CCOCC1. The van der Waals surface area contributed by atoms with E-state index in [1.165, 1.54) is 10.4 Å². The second-order valence-corrected chi connectivity index (χ2v) is 10.4. The van der Waals surface area contributed by atoms with Gasteiger partial charge in [0.05, 0.1) is 18.1 Å². The van der Waals surface area contributed by atoms with E-state index in [0.29, 0.717) is 49.5 Å². The molecule has 4 rings (SSSR count). The number of nitrogens with zero attached hydrogens (tertiary/aromatic N) is 3. The third-order valence-electron chi connectivity index (χ3n) is 5.66. The number of amides is 1. The Morgan fingerprint density at radius 3 is 2.58 bits per heavy atom. The number of carbonyl (C=O) groups is 1. The minimum Gasteiger partial charge on any atom is -0.379 e. The summed E-state index contributed by atoms with van der Waals surface area (Å²) < 4.78 is 38.3. The van der Waals surface area contributed by atoms with Crippen molar-refractivity contribution in [2.45, 2.75) is 50.5 Å². The Balaban J connectivity index is 1.56. The van der Waals surface area contributed by atoms with E-state index in [4.69, 9.17) is 9.26 Å². The number of ether oxygens (including phenoxy) is 1. The first-order chi connectivity index (χ1) is 14.8. The van der Waals surface area contributed by atoms with Crippen molar-refractivity contribution in [3.05, 3.63) is 41.0 Å². The van der Waals surface area contributed by atoms with Crippen LogP contribution in [0.15, 0.2) is 27.6 Å². The van der Waals surface area contributed by atoms with Crippen LogP contribution in [0.3, 0.4) is 0 Å². The Bertz CT molecular complexity index is 1060. The molecule has 31 heavy (non-hydrogen) atoms. The largest absolute Gasteiger partial charge is 0.379 e. The molecule has 168 valence electrons. The molecule has 0 bridgehead atoms. The maximum absolute atomic E-state index is 13.1. The summed E-state index contributed by atoms with van der Waals surface area (Å²) in [4.78, 5) is 17.6. The summed E-state index contributed by atoms with van der Waals surface area (Å²) in [5, 5.41) is 6.97. The molecule has 2 aliphatic rings. The molecular formula is C21H28N4O5S. The van der Waals surface area contributed by atoms with E-state index in [1.54, 1.807) is 19.1 Å². The second-order valence-electron chi connectivity index (χ2n) is 8.46. The number of aryl methyl sites for hydroxylation is 1. The van der Waals surface area contributed by atoms with Crippen LogP contribution in [0.5, 0.6) is 0 Å². The summed E-state index contributed by atoms with van der Waals surface area (Å²) >= 11 is 0. The van der Waals surface area contributed by atoms with E-state index in [1.807, 2.05) is 13.8 Å². The Morgan fingerprint density at radius 1 is 1.23 bits per heavy atom. The van der Waals surface area contributed by atoms with Gasteiger partial charge in [0, 0.05) is 24.6 Å². The molecule has 1 amide bonds. The molecule has 0 spiro atoms. The van der Waals surface area contributed by atoms with Crippen molar-refractivity contribution in [1.29, 1.82) is 0 Å². The van der Waals surface area contributed by atoms with Gasteiger partial charge in [0.15, 0.2) is 5.82 Å². The quantitative estimate of drug-likeness (QED) is 0.692. The Kier molecular flexibility index (Phi) is 6.14. The molecule has 1 aliphatic heterocycles. The number of hydrogen-bond acceptors (Lipinski definition) is 7. The molecule has 1 aromatic heterocycles. The number of nitrogens with one attached hydrogen (secondary N) is 1. The number of benzene rings is 1. The minimum absolute atomic E-state index is 0.0125. The van der Waals surface area contributed by atoms with Gasteiger partial charge in [-0.3, -0.25) is 4.79 Å². The lowest BCUT2D eigenvalue weighted by Crippen LogP contribution is -2.41. The summed E-state index contributed by atoms with van der Waals surface area (Å²) in [6, 6.07) is 4.26. The average Bonchev–Trinajstić information content (AvgIpc) is 3.49. The van der Waals surface area contributed by atoms with Crippen molar-refractivity contribution in [3.63, 3.8) is 0 Å². The fourth-order valence-electron chi connectivity index (χ4n) is 3.56. The molecule has 2 heterocycles. The van der Waals surface area contributed by atoms with Crippen LogP contribution in [0.25, 0.3) is 0 Å². The van der Waals surface area contributed by atoms with Crippen molar-refractivity contribution < 1.29 is 22.5 Å². The van der Waals surface area contributed by atoms with Gasteiger partial charge in [-0.05, 0) is 43.4 Å². The van der Waals surface area contributed by atoms with E-state index < -0.39 is 16.1 Å². The summed E-state index contributed by atoms with van der Waals surface area (Å²) in [5.74, 6) is 1.04. The van der Waals surface area contributed by atoms with Gasteiger partial charge in [-0.15, -0.1) is 0 Å². The van der Waals surface area contributed by atoms with E-state index >= 15 is 0 Å². The predicted octanol–water partition coefficient (Wildman–Crippen LogP) is 2.40. The zero-order valence-electron chi connectivity index (χ0n) is 18.0. The van der Waals surface area contributed by atoms with E-state index in [0.717, 1.165) is 12.8 Å². The second kappa shape index (κ2) is 8.68. The van der Waals surface area contributed by atoms with Gasteiger partial charge in [0.2, 0.25) is 15.9 Å². The lowest BCUT2D eigenvalue weighted by Gasteiger charge is -2.27. The number of carbonyl (C=O) groups excluding carboxylic acids is 1. The Morgan fingerprint density at radius 2 is 1.94 bits per heavy atom. The maximum Gasteiger partial charge on any atom is 0.251 e. The van der Waals surface area contributed by atoms with Gasteiger partial charge in [-0.25, -0.2) is 8.42 Å². The van der Waals surface area contributed by atoms with Crippen molar-refractivity contribution in [1.82, 2.24) is 19.8 Å². The minimum atomic E-state index is -3.71. The lowest BCUT2D eigenvalue weighted by molar-refractivity contribution is 0.0730. The molecule has 1 aromatic carbocycles. The highest BCUT2D eigenvalue weighted by Gasteiger charge is 2.32. The highest BCUT2D eigenvalue weighted by atomic mass is 32.2. The molecular weight excluding hydrogens is 420 g/mol. The normalized spacial score (nSPS) is 18.8. The number of sulfonamides is 1. The number of morpholine rings is 1. The van der Waals surface area contributed by atoms with Crippen molar-refractivity contribution in [2.75, 3.05) is 26.3 Å². The molecule has 2 fully saturated rings. The third-order valence-corrected chi connectivity index (χ3v) is 7.70. The summed E-state index contributed by atoms with van der Waals surface area (Å²) in [6.45, 7) is 6.96. The molecule has 1 saturated carbocycles. The molecule has 1 atom stereocenters. The van der Waals surface area contributed by atoms with Gasteiger partial charge >= 0.3 is 0 Å². The number of hydrogen-bond donors (Lipinski definition) is 1. The van der Waals surface area contributed by atoms with Gasteiger partial charge < -0.3 is 14.6 Å². The molecule has 1 saturated heterocycles. The van der Waals surface area contributed by atoms with Crippen LogP contribution >= 0.6 is 0 Å². The van der Waals surface area contributed by atoms with Gasteiger partial charge in [0.1, 0.15) is 6.04 Å². The van der Waals surface area contributed by atoms with Crippen LogP contribution in [0, 0.1) is 12.8 Å². The van der Waals surface area contributed by atoms with Crippen molar-refractivity contribution in [3.8, 4) is 0 Å². The fourth-order valence-corrected chi connectivity index (χ4v) is 5.22. The van der Waals surface area contributed by atoms with Crippen molar-refractivity contribution in [2.24, 2.45) is 5.92 Å². The first-order valence-electron chi connectivity index (χ1n) is 10.6. The average molecular weight is 449 g/mol. The smallest absolute Gasteiger partial charge is 0.251 e. The standard InChI is InChI=1S/C21H28N4O5S/c1-13(2)18(21-23-19(24-30-21)15-6-7-15)22-20(26)16-5-4-14(3)17(12-16)31(27,28)25-8-10-29-11-9-25/h4-5,12-13,15,18H,6-11H2,1-3H3,(H,22,26). The molecule has 1 N–H and O–H groups in total. The molecule has 2 aromatic rings. The highest BCUT2D eigenvalue weighted by Crippen LogP contribution is 2.38. The van der Waals surface area contributed by atoms with E-state index in [-0.39, 0.29) is 22.3 Å². The van der Waals surface area contributed by atoms with Crippen LogP contribution in [-0.4, -0.2) is 55.1 Å². The fraction of sp³-hybridized carbons (Fsp3) is 0.571. The number of aromatic nitrogens is 2. The van der Waals surface area contributed by atoms with Crippen LogP contribution in [0.2, 0.25) is 0 Å². The Labute approximate surface area is 182 Å². The van der Waals surface area contributed by atoms with Gasteiger partial charge in [-0.1, -0.05) is 25.1 Å². The Hall–Kier alpha value is -2.30. The molecule has 1 aliphatic carbocycles. The zero-order chi connectivity index (χ0) is 22.2. The molecule has 0 radical (unpaired) electrons. The molecule has 9 nitrogen and oxygen atoms in total. The number of rotatable bonds is 7. The first-order valence-corrected chi connectivity index (χ1v) is 12.0. The molecule has 1 unspecified atom stereocenters. The van der Waals surface area contributed by atoms with Crippen LogP contribution in [0.4, 0.5) is 0 Å².